The van der Waals surface area contributed by atoms with Crippen molar-refractivity contribution in [1.29, 1.82) is 0 Å². The maximum absolute atomic E-state index is 12.4. The Kier molecular flexibility index (Phi) is 8.25. The number of ether oxygens (including phenoxy) is 2. The summed E-state index contributed by atoms with van der Waals surface area (Å²) in [4.78, 5) is 49.5. The SMILES string of the molecule is CCOC(=O)[C@H]1CCCCN1C(=O)COC(=O)CNC(=O)c1ccc(Cl)cc1. The van der Waals surface area contributed by atoms with Gasteiger partial charge in [-0.05, 0) is 50.5 Å². The lowest BCUT2D eigenvalue weighted by Crippen LogP contribution is -2.50. The van der Waals surface area contributed by atoms with Crippen molar-refractivity contribution in [2.75, 3.05) is 26.3 Å². The summed E-state index contributed by atoms with van der Waals surface area (Å²) in [6.07, 6.45) is 2.12. The second-order valence-corrected chi connectivity index (χ2v) is 6.64. The highest BCUT2D eigenvalue weighted by atomic mass is 35.5. The molecule has 1 heterocycles. The van der Waals surface area contributed by atoms with Gasteiger partial charge in [0.2, 0.25) is 0 Å². The van der Waals surface area contributed by atoms with E-state index in [0.29, 0.717) is 23.6 Å². The summed E-state index contributed by atoms with van der Waals surface area (Å²) >= 11 is 5.76. The molecule has 1 fully saturated rings. The number of carbonyl (C=O) groups excluding carboxylic acids is 4. The average Bonchev–Trinajstić information content (AvgIpc) is 2.70. The van der Waals surface area contributed by atoms with Crippen molar-refractivity contribution in [3.63, 3.8) is 0 Å². The third-order valence-electron chi connectivity index (χ3n) is 4.24. The van der Waals surface area contributed by atoms with Crippen LogP contribution >= 0.6 is 11.6 Å². The first-order valence-electron chi connectivity index (χ1n) is 9.08. The molecule has 152 valence electrons. The molecule has 0 radical (unpaired) electrons. The molecule has 1 aliphatic rings. The Morgan fingerprint density at radius 3 is 2.54 bits per heavy atom. The number of piperidine rings is 1. The third-order valence-corrected chi connectivity index (χ3v) is 4.49. The van der Waals surface area contributed by atoms with Crippen LogP contribution in [0.2, 0.25) is 5.02 Å². The van der Waals surface area contributed by atoms with Gasteiger partial charge < -0.3 is 19.7 Å². The zero-order chi connectivity index (χ0) is 20.5. The number of hydrogen-bond acceptors (Lipinski definition) is 6. The van der Waals surface area contributed by atoms with E-state index in [4.69, 9.17) is 21.1 Å². The second-order valence-electron chi connectivity index (χ2n) is 6.20. The average molecular weight is 411 g/mol. The summed E-state index contributed by atoms with van der Waals surface area (Å²) in [5.74, 6) is -2.12. The van der Waals surface area contributed by atoms with Crippen molar-refractivity contribution in [3.8, 4) is 0 Å². The Labute approximate surface area is 168 Å². The van der Waals surface area contributed by atoms with Crippen molar-refractivity contribution in [2.45, 2.75) is 32.2 Å². The minimum absolute atomic E-state index is 0.236. The predicted octanol–water partition coefficient (Wildman–Crippen LogP) is 1.56. The molecule has 1 aromatic carbocycles. The molecule has 8 nitrogen and oxygen atoms in total. The highest BCUT2D eigenvalue weighted by molar-refractivity contribution is 6.30. The van der Waals surface area contributed by atoms with E-state index >= 15 is 0 Å². The molecular formula is C19H23ClN2O6. The molecular weight excluding hydrogens is 388 g/mol. The Morgan fingerprint density at radius 2 is 1.86 bits per heavy atom. The summed E-state index contributed by atoms with van der Waals surface area (Å²) < 4.78 is 9.94. The fraction of sp³-hybridized carbons (Fsp3) is 0.474. The van der Waals surface area contributed by atoms with Crippen molar-refractivity contribution < 1.29 is 28.7 Å². The summed E-state index contributed by atoms with van der Waals surface area (Å²) in [7, 11) is 0. The summed E-state index contributed by atoms with van der Waals surface area (Å²) in [5.41, 5.74) is 0.346. The van der Waals surface area contributed by atoms with E-state index in [1.54, 1.807) is 19.1 Å². The van der Waals surface area contributed by atoms with Crippen molar-refractivity contribution in [2.24, 2.45) is 0 Å². The Hall–Kier alpha value is -2.61. The number of amides is 2. The normalized spacial score (nSPS) is 16.2. The number of hydrogen-bond donors (Lipinski definition) is 1. The first-order valence-corrected chi connectivity index (χ1v) is 9.45. The summed E-state index contributed by atoms with van der Waals surface area (Å²) in [5, 5.41) is 2.90. The molecule has 0 aromatic heterocycles. The lowest BCUT2D eigenvalue weighted by molar-refractivity contribution is -0.160. The van der Waals surface area contributed by atoms with E-state index in [2.05, 4.69) is 5.32 Å². The lowest BCUT2D eigenvalue weighted by atomic mass is 10.0. The fourth-order valence-corrected chi connectivity index (χ4v) is 2.97. The third kappa shape index (κ3) is 6.23. The van der Waals surface area contributed by atoms with Crippen molar-refractivity contribution >= 4 is 35.4 Å². The standard InChI is InChI=1S/C19H23ClN2O6/c1-2-27-19(26)15-5-3-4-10-22(15)16(23)12-28-17(24)11-21-18(25)13-6-8-14(20)9-7-13/h6-9,15H,2-5,10-12H2,1H3,(H,21,25)/t15-/m1/s1. The number of esters is 2. The van der Waals surface area contributed by atoms with Gasteiger partial charge in [-0.15, -0.1) is 0 Å². The molecule has 1 saturated heterocycles. The second kappa shape index (κ2) is 10.7. The van der Waals surface area contributed by atoms with Gasteiger partial charge in [-0.2, -0.15) is 0 Å². The van der Waals surface area contributed by atoms with Crippen LogP contribution in [0, 0.1) is 0 Å². The van der Waals surface area contributed by atoms with Gasteiger partial charge in [0.25, 0.3) is 11.8 Å². The molecule has 28 heavy (non-hydrogen) atoms. The van der Waals surface area contributed by atoms with E-state index < -0.39 is 36.4 Å². The van der Waals surface area contributed by atoms with Gasteiger partial charge in [-0.3, -0.25) is 14.4 Å². The number of nitrogens with one attached hydrogen (secondary N) is 1. The van der Waals surface area contributed by atoms with Crippen LogP contribution in [0.5, 0.6) is 0 Å². The lowest BCUT2D eigenvalue weighted by Gasteiger charge is -2.33. The number of likely N-dealkylation sites (tertiary alicyclic amines) is 1. The predicted molar refractivity (Wildman–Crippen MR) is 101 cm³/mol. The van der Waals surface area contributed by atoms with Gasteiger partial charge in [0.1, 0.15) is 12.6 Å². The molecule has 1 aromatic rings. The van der Waals surface area contributed by atoms with Gasteiger partial charge in [0, 0.05) is 17.1 Å². The fourth-order valence-electron chi connectivity index (χ4n) is 2.85. The molecule has 9 heteroatoms. The zero-order valence-electron chi connectivity index (χ0n) is 15.6. The number of rotatable bonds is 7. The monoisotopic (exact) mass is 410 g/mol. The first-order chi connectivity index (χ1) is 13.4. The Morgan fingerprint density at radius 1 is 1.14 bits per heavy atom. The molecule has 0 bridgehead atoms. The molecule has 2 amide bonds. The number of halogens is 1. The summed E-state index contributed by atoms with van der Waals surface area (Å²) in [6, 6.07) is 5.53. The van der Waals surface area contributed by atoms with E-state index in [1.807, 2.05) is 0 Å². The van der Waals surface area contributed by atoms with E-state index in [1.165, 1.54) is 17.0 Å². The van der Waals surface area contributed by atoms with Gasteiger partial charge in [-0.1, -0.05) is 11.6 Å². The Bertz CT molecular complexity index is 722. The largest absolute Gasteiger partial charge is 0.464 e. The number of benzene rings is 1. The van der Waals surface area contributed by atoms with Crippen LogP contribution in [0.25, 0.3) is 0 Å². The van der Waals surface area contributed by atoms with Gasteiger partial charge in [0.05, 0.1) is 6.61 Å². The number of nitrogens with zero attached hydrogens (tertiary/aromatic N) is 1. The number of carbonyl (C=O) groups is 4. The zero-order valence-corrected chi connectivity index (χ0v) is 16.4. The van der Waals surface area contributed by atoms with E-state index in [0.717, 1.165) is 12.8 Å². The van der Waals surface area contributed by atoms with Crippen molar-refractivity contribution in [3.05, 3.63) is 34.9 Å². The van der Waals surface area contributed by atoms with Crippen LogP contribution < -0.4 is 5.32 Å². The molecule has 2 rings (SSSR count). The van der Waals surface area contributed by atoms with Crippen LogP contribution in [0.15, 0.2) is 24.3 Å². The molecule has 1 atom stereocenters. The topological polar surface area (TPSA) is 102 Å². The minimum Gasteiger partial charge on any atom is -0.464 e. The highest BCUT2D eigenvalue weighted by Gasteiger charge is 2.33. The molecule has 0 aliphatic carbocycles. The quantitative estimate of drug-likeness (QED) is 0.684. The van der Waals surface area contributed by atoms with Crippen LogP contribution in [0.1, 0.15) is 36.5 Å². The molecule has 0 unspecified atom stereocenters. The van der Waals surface area contributed by atoms with Crippen LogP contribution in [0.3, 0.4) is 0 Å². The minimum atomic E-state index is -0.750. The maximum atomic E-state index is 12.4. The summed E-state index contributed by atoms with van der Waals surface area (Å²) in [6.45, 7) is 1.47. The highest BCUT2D eigenvalue weighted by Crippen LogP contribution is 2.18. The van der Waals surface area contributed by atoms with Gasteiger partial charge in [0.15, 0.2) is 6.61 Å². The maximum Gasteiger partial charge on any atom is 0.328 e. The van der Waals surface area contributed by atoms with Gasteiger partial charge >= 0.3 is 11.9 Å². The van der Waals surface area contributed by atoms with E-state index in [9.17, 15) is 19.2 Å². The smallest absolute Gasteiger partial charge is 0.328 e. The van der Waals surface area contributed by atoms with Crippen molar-refractivity contribution in [1.82, 2.24) is 10.2 Å². The molecule has 0 spiro atoms. The molecule has 1 N–H and O–H groups in total. The van der Waals surface area contributed by atoms with Crippen LogP contribution in [-0.2, 0) is 23.9 Å². The Balaban J connectivity index is 1.79. The molecule has 0 saturated carbocycles. The van der Waals surface area contributed by atoms with Crippen LogP contribution in [0.4, 0.5) is 0 Å². The van der Waals surface area contributed by atoms with Crippen LogP contribution in [-0.4, -0.2) is 61.0 Å². The first kappa shape index (κ1) is 21.7. The van der Waals surface area contributed by atoms with Gasteiger partial charge in [-0.25, -0.2) is 4.79 Å². The van der Waals surface area contributed by atoms with E-state index in [-0.39, 0.29) is 13.2 Å². The molecule has 1 aliphatic heterocycles.